The largest absolute Gasteiger partial charge is 0.343 e. The van der Waals surface area contributed by atoms with Gasteiger partial charge in [-0.05, 0) is 42.2 Å². The quantitative estimate of drug-likeness (QED) is 0.628. The van der Waals surface area contributed by atoms with Crippen LogP contribution in [0, 0.1) is 0 Å². The number of benzene rings is 2. The standard InChI is InChI=1S/C20H21N3OS/c1-25-14-13-18(20-22-16-9-5-6-10-17(16)23-20)21-19(24)12-11-15-7-3-2-4-8-15/h2-12,18H,13-14H2,1H3,(H,21,24)(H,22,23)/b12-11+/t18-/m1/s1. The molecule has 5 heteroatoms. The Morgan fingerprint density at radius 3 is 2.72 bits per heavy atom. The predicted molar refractivity (Wildman–Crippen MR) is 105 cm³/mol. The molecule has 2 aromatic carbocycles. The van der Waals surface area contributed by atoms with E-state index in [-0.39, 0.29) is 11.9 Å². The Morgan fingerprint density at radius 2 is 1.96 bits per heavy atom. The minimum Gasteiger partial charge on any atom is -0.343 e. The Balaban J connectivity index is 1.74. The molecule has 0 saturated carbocycles. The van der Waals surface area contributed by atoms with Crippen molar-refractivity contribution < 1.29 is 4.79 Å². The highest BCUT2D eigenvalue weighted by Crippen LogP contribution is 2.20. The predicted octanol–water partition coefficient (Wildman–Crippen LogP) is 4.19. The lowest BCUT2D eigenvalue weighted by molar-refractivity contribution is -0.117. The summed E-state index contributed by atoms with van der Waals surface area (Å²) in [6.45, 7) is 0. The zero-order valence-corrected chi connectivity index (χ0v) is 14.9. The van der Waals surface area contributed by atoms with Gasteiger partial charge in [0.2, 0.25) is 5.91 Å². The number of H-pyrrole nitrogens is 1. The molecule has 0 fully saturated rings. The zero-order chi connectivity index (χ0) is 17.5. The number of aromatic nitrogens is 2. The number of amides is 1. The first-order chi connectivity index (χ1) is 12.3. The number of thioether (sulfide) groups is 1. The smallest absolute Gasteiger partial charge is 0.244 e. The Bertz CT molecular complexity index is 825. The van der Waals surface area contributed by atoms with Gasteiger partial charge in [-0.1, -0.05) is 42.5 Å². The number of hydrogen-bond donors (Lipinski definition) is 2. The third-order valence-electron chi connectivity index (χ3n) is 3.89. The van der Waals surface area contributed by atoms with Crippen molar-refractivity contribution >= 4 is 34.8 Å². The maximum Gasteiger partial charge on any atom is 0.244 e. The SMILES string of the molecule is CSCC[C@@H](NC(=O)/C=C/c1ccccc1)c1nc2ccccc2[nH]1. The molecule has 4 nitrogen and oxygen atoms in total. The summed E-state index contributed by atoms with van der Waals surface area (Å²) in [6, 6.07) is 17.6. The number of imidazole rings is 1. The van der Waals surface area contributed by atoms with Crippen LogP contribution in [0.4, 0.5) is 0 Å². The average molecular weight is 351 g/mol. The van der Waals surface area contributed by atoms with Gasteiger partial charge in [0.25, 0.3) is 0 Å². The van der Waals surface area contributed by atoms with Crippen molar-refractivity contribution in [2.75, 3.05) is 12.0 Å². The van der Waals surface area contributed by atoms with Crippen LogP contribution in [0.2, 0.25) is 0 Å². The average Bonchev–Trinajstić information content (AvgIpc) is 3.08. The van der Waals surface area contributed by atoms with Crippen molar-refractivity contribution in [2.24, 2.45) is 0 Å². The molecule has 25 heavy (non-hydrogen) atoms. The van der Waals surface area contributed by atoms with E-state index in [2.05, 4.69) is 21.5 Å². The number of rotatable bonds is 7. The second-order valence-electron chi connectivity index (χ2n) is 5.73. The Kier molecular flexibility index (Phi) is 5.90. The highest BCUT2D eigenvalue weighted by atomic mass is 32.2. The first-order valence-electron chi connectivity index (χ1n) is 8.23. The van der Waals surface area contributed by atoms with E-state index in [0.717, 1.165) is 34.6 Å². The Hall–Kier alpha value is -2.53. The molecule has 2 N–H and O–H groups in total. The van der Waals surface area contributed by atoms with Crippen LogP contribution < -0.4 is 5.32 Å². The summed E-state index contributed by atoms with van der Waals surface area (Å²) in [5, 5.41) is 3.07. The molecule has 0 bridgehead atoms. The lowest BCUT2D eigenvalue weighted by atomic mass is 10.2. The van der Waals surface area contributed by atoms with Gasteiger partial charge in [-0.25, -0.2) is 4.98 Å². The third kappa shape index (κ3) is 4.73. The van der Waals surface area contributed by atoms with Crippen LogP contribution in [0.5, 0.6) is 0 Å². The van der Waals surface area contributed by atoms with Crippen LogP contribution in [0.3, 0.4) is 0 Å². The van der Waals surface area contributed by atoms with Gasteiger partial charge in [0.05, 0.1) is 17.1 Å². The molecule has 1 heterocycles. The van der Waals surface area contributed by atoms with Gasteiger partial charge >= 0.3 is 0 Å². The Morgan fingerprint density at radius 1 is 1.20 bits per heavy atom. The molecular formula is C20H21N3OS. The molecule has 1 amide bonds. The molecule has 0 aliphatic carbocycles. The molecule has 3 rings (SSSR count). The number of aromatic amines is 1. The second kappa shape index (κ2) is 8.53. The van der Waals surface area contributed by atoms with Crippen molar-refractivity contribution in [1.82, 2.24) is 15.3 Å². The monoisotopic (exact) mass is 351 g/mol. The minimum absolute atomic E-state index is 0.115. The van der Waals surface area contributed by atoms with Crippen LogP contribution in [0.15, 0.2) is 60.7 Å². The normalized spacial score (nSPS) is 12.5. The summed E-state index contributed by atoms with van der Waals surface area (Å²) in [4.78, 5) is 20.3. The van der Waals surface area contributed by atoms with Crippen molar-refractivity contribution in [1.29, 1.82) is 0 Å². The molecule has 0 spiro atoms. The number of fused-ring (bicyclic) bond motifs is 1. The number of nitrogens with one attached hydrogen (secondary N) is 2. The summed E-state index contributed by atoms with van der Waals surface area (Å²) in [7, 11) is 0. The molecular weight excluding hydrogens is 330 g/mol. The van der Waals surface area contributed by atoms with Gasteiger partial charge in [-0.15, -0.1) is 0 Å². The fourth-order valence-corrected chi connectivity index (χ4v) is 3.08. The summed E-state index contributed by atoms with van der Waals surface area (Å²) in [5.74, 6) is 1.64. The van der Waals surface area contributed by atoms with Gasteiger partial charge in [-0.2, -0.15) is 11.8 Å². The lowest BCUT2D eigenvalue weighted by Crippen LogP contribution is -2.28. The lowest BCUT2D eigenvalue weighted by Gasteiger charge is -2.15. The summed E-state index contributed by atoms with van der Waals surface area (Å²) < 4.78 is 0. The first kappa shape index (κ1) is 17.3. The molecule has 0 unspecified atom stereocenters. The molecule has 3 aromatic rings. The van der Waals surface area contributed by atoms with Gasteiger partial charge in [0, 0.05) is 6.08 Å². The number of carbonyl (C=O) groups excluding carboxylic acids is 1. The van der Waals surface area contributed by atoms with Crippen molar-refractivity contribution in [3.05, 3.63) is 72.1 Å². The molecule has 0 aliphatic heterocycles. The molecule has 0 radical (unpaired) electrons. The summed E-state index contributed by atoms with van der Waals surface area (Å²) in [5.41, 5.74) is 2.91. The van der Waals surface area contributed by atoms with Gasteiger partial charge in [-0.3, -0.25) is 4.79 Å². The Labute approximate surface area is 151 Å². The maximum atomic E-state index is 12.3. The van der Waals surface area contributed by atoms with Gasteiger partial charge in [0.15, 0.2) is 0 Å². The van der Waals surface area contributed by atoms with E-state index >= 15 is 0 Å². The van der Waals surface area contributed by atoms with E-state index in [1.54, 1.807) is 17.8 Å². The number of para-hydroxylation sites is 2. The fraction of sp³-hybridized carbons (Fsp3) is 0.200. The van der Waals surface area contributed by atoms with Crippen LogP contribution in [0.25, 0.3) is 17.1 Å². The summed E-state index contributed by atoms with van der Waals surface area (Å²) >= 11 is 1.76. The van der Waals surface area contributed by atoms with Gasteiger partial charge in [0.1, 0.15) is 5.82 Å². The van der Waals surface area contributed by atoms with E-state index in [4.69, 9.17) is 0 Å². The van der Waals surface area contributed by atoms with Crippen molar-refractivity contribution in [2.45, 2.75) is 12.5 Å². The number of hydrogen-bond acceptors (Lipinski definition) is 3. The van der Waals surface area contributed by atoms with Gasteiger partial charge < -0.3 is 10.3 Å². The van der Waals surface area contributed by atoms with E-state index in [1.165, 1.54) is 0 Å². The van der Waals surface area contributed by atoms with E-state index in [9.17, 15) is 4.79 Å². The highest BCUT2D eigenvalue weighted by Gasteiger charge is 2.17. The zero-order valence-electron chi connectivity index (χ0n) is 14.1. The molecule has 128 valence electrons. The van der Waals surface area contributed by atoms with Crippen LogP contribution in [-0.2, 0) is 4.79 Å². The number of carbonyl (C=O) groups is 1. The first-order valence-corrected chi connectivity index (χ1v) is 9.63. The van der Waals surface area contributed by atoms with E-state index in [0.29, 0.717) is 0 Å². The topological polar surface area (TPSA) is 57.8 Å². The van der Waals surface area contributed by atoms with E-state index < -0.39 is 0 Å². The molecule has 1 atom stereocenters. The van der Waals surface area contributed by atoms with Crippen molar-refractivity contribution in [3.63, 3.8) is 0 Å². The van der Waals surface area contributed by atoms with Crippen LogP contribution >= 0.6 is 11.8 Å². The fourth-order valence-electron chi connectivity index (χ4n) is 2.61. The second-order valence-corrected chi connectivity index (χ2v) is 6.71. The number of nitrogens with zero attached hydrogens (tertiary/aromatic N) is 1. The van der Waals surface area contributed by atoms with Crippen LogP contribution in [-0.4, -0.2) is 27.9 Å². The van der Waals surface area contributed by atoms with Crippen LogP contribution in [0.1, 0.15) is 23.9 Å². The highest BCUT2D eigenvalue weighted by molar-refractivity contribution is 7.98. The molecule has 0 aliphatic rings. The van der Waals surface area contributed by atoms with E-state index in [1.807, 2.05) is 60.7 Å². The third-order valence-corrected chi connectivity index (χ3v) is 4.54. The summed E-state index contributed by atoms with van der Waals surface area (Å²) in [6.07, 6.45) is 6.28. The minimum atomic E-state index is -0.132. The molecule has 0 saturated heterocycles. The van der Waals surface area contributed by atoms with Crippen molar-refractivity contribution in [3.8, 4) is 0 Å². The molecule has 1 aromatic heterocycles. The maximum absolute atomic E-state index is 12.3.